The van der Waals surface area contributed by atoms with Gasteiger partial charge in [-0.3, -0.25) is 24.1 Å². The highest BCUT2D eigenvalue weighted by Gasteiger charge is 2.36. The molecule has 1 aliphatic rings. The zero-order valence-corrected chi connectivity index (χ0v) is 16.8. The van der Waals surface area contributed by atoms with E-state index in [-0.39, 0.29) is 18.2 Å². The fourth-order valence-electron chi connectivity index (χ4n) is 2.56. The van der Waals surface area contributed by atoms with Crippen molar-refractivity contribution in [3.05, 3.63) is 57.1 Å². The van der Waals surface area contributed by atoms with Crippen molar-refractivity contribution >= 4 is 57.7 Å². The summed E-state index contributed by atoms with van der Waals surface area (Å²) in [6, 6.07) is 10.1. The lowest BCUT2D eigenvalue weighted by Crippen LogP contribution is -2.33. The summed E-state index contributed by atoms with van der Waals surface area (Å²) in [6.07, 6.45) is 2.84. The lowest BCUT2D eigenvalue weighted by Gasteiger charge is -2.12. The Morgan fingerprint density at radius 2 is 1.89 bits per heavy atom. The molecule has 3 amide bonds. The number of ketones is 1. The Kier molecular flexibility index (Phi) is 6.43. The molecule has 0 unspecified atom stereocenters. The van der Waals surface area contributed by atoms with Gasteiger partial charge >= 0.3 is 0 Å². The molecule has 0 bridgehead atoms. The minimum atomic E-state index is -0.458. The standard InChI is InChI=1S/C20H18N2O4S2/c1-2-4-18(24)21-14-8-6-13(7-9-14)16(23)12-22-19(25)17(28-20(22)26)11-15-5-3-10-27-15/h3,5-11H,2,4,12H2,1H3,(H,21,24)/b17-11-. The van der Waals surface area contributed by atoms with Crippen molar-refractivity contribution in [2.45, 2.75) is 19.8 Å². The van der Waals surface area contributed by atoms with Gasteiger partial charge in [0.15, 0.2) is 5.78 Å². The molecule has 1 aliphatic heterocycles. The molecule has 0 radical (unpaired) electrons. The van der Waals surface area contributed by atoms with Gasteiger partial charge in [0.2, 0.25) is 5.91 Å². The Hall–Kier alpha value is -2.71. The molecule has 1 N–H and O–H groups in total. The maximum atomic E-state index is 12.5. The van der Waals surface area contributed by atoms with Crippen LogP contribution in [0.2, 0.25) is 0 Å². The molecule has 144 valence electrons. The first kappa shape index (κ1) is 20.0. The first-order valence-electron chi connectivity index (χ1n) is 8.70. The number of nitrogens with one attached hydrogen (secondary N) is 1. The number of rotatable bonds is 7. The molecule has 0 saturated carbocycles. The second-order valence-corrected chi connectivity index (χ2v) is 8.05. The molecule has 1 aromatic heterocycles. The normalized spacial score (nSPS) is 15.3. The lowest BCUT2D eigenvalue weighted by molar-refractivity contribution is -0.122. The molecular weight excluding hydrogens is 396 g/mol. The van der Waals surface area contributed by atoms with Crippen LogP contribution in [0.5, 0.6) is 0 Å². The Morgan fingerprint density at radius 3 is 2.54 bits per heavy atom. The minimum absolute atomic E-state index is 0.0862. The van der Waals surface area contributed by atoms with E-state index in [1.807, 2.05) is 24.4 Å². The van der Waals surface area contributed by atoms with E-state index < -0.39 is 11.1 Å². The maximum Gasteiger partial charge on any atom is 0.293 e. The lowest BCUT2D eigenvalue weighted by atomic mass is 10.1. The molecular formula is C20H18N2O4S2. The van der Waals surface area contributed by atoms with Gasteiger partial charge in [-0.05, 0) is 60.0 Å². The Balaban J connectivity index is 1.65. The second-order valence-electron chi connectivity index (χ2n) is 6.08. The minimum Gasteiger partial charge on any atom is -0.326 e. The summed E-state index contributed by atoms with van der Waals surface area (Å²) in [5, 5.41) is 4.17. The van der Waals surface area contributed by atoms with Crippen molar-refractivity contribution in [3.8, 4) is 0 Å². The molecule has 28 heavy (non-hydrogen) atoms. The number of anilines is 1. The SMILES string of the molecule is CCCC(=O)Nc1ccc(C(=O)CN2C(=O)S/C(=C\c3cccs3)C2=O)cc1. The summed E-state index contributed by atoms with van der Waals surface area (Å²) in [7, 11) is 0. The highest BCUT2D eigenvalue weighted by atomic mass is 32.2. The van der Waals surface area contributed by atoms with Crippen molar-refractivity contribution < 1.29 is 19.2 Å². The summed E-state index contributed by atoms with van der Waals surface area (Å²) >= 11 is 2.30. The van der Waals surface area contributed by atoms with E-state index in [4.69, 9.17) is 0 Å². The van der Waals surface area contributed by atoms with Crippen LogP contribution in [0, 0.1) is 0 Å². The number of nitrogens with zero attached hydrogens (tertiary/aromatic N) is 1. The van der Waals surface area contributed by atoms with E-state index in [0.29, 0.717) is 22.6 Å². The van der Waals surface area contributed by atoms with Gasteiger partial charge in [-0.15, -0.1) is 11.3 Å². The third kappa shape index (κ3) is 4.76. The number of imide groups is 1. The fraction of sp³-hybridized carbons (Fsp3) is 0.200. The zero-order valence-electron chi connectivity index (χ0n) is 15.1. The largest absolute Gasteiger partial charge is 0.326 e. The van der Waals surface area contributed by atoms with E-state index in [1.165, 1.54) is 11.3 Å². The van der Waals surface area contributed by atoms with Gasteiger partial charge in [0.05, 0.1) is 11.4 Å². The van der Waals surface area contributed by atoms with E-state index in [1.54, 1.807) is 30.3 Å². The van der Waals surface area contributed by atoms with Gasteiger partial charge in [0, 0.05) is 22.5 Å². The molecule has 1 saturated heterocycles. The molecule has 2 heterocycles. The molecule has 6 nitrogen and oxygen atoms in total. The van der Waals surface area contributed by atoms with Crippen LogP contribution < -0.4 is 5.32 Å². The van der Waals surface area contributed by atoms with Crippen LogP contribution in [0.4, 0.5) is 10.5 Å². The molecule has 0 spiro atoms. The first-order chi connectivity index (χ1) is 13.5. The van der Waals surface area contributed by atoms with Crippen LogP contribution in [-0.4, -0.2) is 34.3 Å². The third-order valence-electron chi connectivity index (χ3n) is 3.96. The third-order valence-corrected chi connectivity index (χ3v) is 5.69. The first-order valence-corrected chi connectivity index (χ1v) is 10.4. The number of thioether (sulfide) groups is 1. The molecule has 0 atom stereocenters. The molecule has 1 aromatic carbocycles. The van der Waals surface area contributed by atoms with Gasteiger partial charge in [-0.1, -0.05) is 13.0 Å². The number of carbonyl (C=O) groups is 4. The highest BCUT2D eigenvalue weighted by Crippen LogP contribution is 2.33. The van der Waals surface area contributed by atoms with Crippen molar-refractivity contribution in [2.75, 3.05) is 11.9 Å². The summed E-state index contributed by atoms with van der Waals surface area (Å²) in [6.45, 7) is 1.61. The average molecular weight is 415 g/mol. The monoisotopic (exact) mass is 414 g/mol. The topological polar surface area (TPSA) is 83.6 Å². The van der Waals surface area contributed by atoms with Crippen LogP contribution in [0.1, 0.15) is 35.0 Å². The van der Waals surface area contributed by atoms with Gasteiger partial charge in [0.1, 0.15) is 0 Å². The summed E-state index contributed by atoms with van der Waals surface area (Å²) in [5.74, 6) is -0.886. The van der Waals surface area contributed by atoms with Gasteiger partial charge in [-0.25, -0.2) is 0 Å². The van der Waals surface area contributed by atoms with Gasteiger partial charge < -0.3 is 5.32 Å². The van der Waals surface area contributed by atoms with Crippen LogP contribution in [0.25, 0.3) is 6.08 Å². The van der Waals surface area contributed by atoms with Crippen molar-refractivity contribution in [2.24, 2.45) is 0 Å². The number of thiophene rings is 1. The predicted octanol–water partition coefficient (Wildman–Crippen LogP) is 4.41. The second kappa shape index (κ2) is 8.99. The Bertz CT molecular complexity index is 934. The van der Waals surface area contributed by atoms with E-state index in [9.17, 15) is 19.2 Å². The summed E-state index contributed by atoms with van der Waals surface area (Å²) in [5.41, 5.74) is 0.967. The molecule has 3 rings (SSSR count). The molecule has 8 heteroatoms. The van der Waals surface area contributed by atoms with Crippen LogP contribution in [0.3, 0.4) is 0 Å². The molecule has 2 aromatic rings. The maximum absolute atomic E-state index is 12.5. The molecule has 1 fully saturated rings. The van der Waals surface area contributed by atoms with Crippen molar-refractivity contribution in [1.82, 2.24) is 4.90 Å². The number of amides is 3. The van der Waals surface area contributed by atoms with E-state index in [0.717, 1.165) is 28.0 Å². The molecule has 0 aliphatic carbocycles. The summed E-state index contributed by atoms with van der Waals surface area (Å²) in [4.78, 5) is 50.9. The highest BCUT2D eigenvalue weighted by molar-refractivity contribution is 8.18. The quantitative estimate of drug-likeness (QED) is 0.536. The van der Waals surface area contributed by atoms with Crippen LogP contribution in [0.15, 0.2) is 46.7 Å². The van der Waals surface area contributed by atoms with E-state index in [2.05, 4.69) is 5.32 Å². The number of hydrogen-bond acceptors (Lipinski definition) is 6. The van der Waals surface area contributed by atoms with Crippen LogP contribution >= 0.6 is 23.1 Å². The summed E-state index contributed by atoms with van der Waals surface area (Å²) < 4.78 is 0. The van der Waals surface area contributed by atoms with Crippen molar-refractivity contribution in [1.29, 1.82) is 0 Å². The van der Waals surface area contributed by atoms with Crippen LogP contribution in [-0.2, 0) is 9.59 Å². The smallest absolute Gasteiger partial charge is 0.293 e. The Labute approximate surface area is 170 Å². The number of carbonyl (C=O) groups excluding carboxylic acids is 4. The number of Topliss-reactive ketones (excluding diaryl/α,β-unsaturated/α-hetero) is 1. The van der Waals surface area contributed by atoms with Crippen molar-refractivity contribution in [3.63, 3.8) is 0 Å². The fourth-order valence-corrected chi connectivity index (χ4v) is 4.12. The predicted molar refractivity (Wildman–Crippen MR) is 111 cm³/mol. The van der Waals surface area contributed by atoms with E-state index >= 15 is 0 Å². The zero-order chi connectivity index (χ0) is 20.1. The number of hydrogen-bond donors (Lipinski definition) is 1. The number of benzene rings is 1. The van der Waals surface area contributed by atoms with Gasteiger partial charge in [-0.2, -0.15) is 0 Å². The Morgan fingerprint density at radius 1 is 1.14 bits per heavy atom. The van der Waals surface area contributed by atoms with Gasteiger partial charge in [0.25, 0.3) is 11.1 Å². The average Bonchev–Trinajstić information content (AvgIpc) is 3.26.